The summed E-state index contributed by atoms with van der Waals surface area (Å²) in [5, 5.41) is 9.95. The van der Waals surface area contributed by atoms with E-state index in [1.165, 1.54) is 23.9 Å². The van der Waals surface area contributed by atoms with Crippen LogP contribution in [0.15, 0.2) is 58.5 Å². The molecule has 4 rings (SSSR count). The van der Waals surface area contributed by atoms with Gasteiger partial charge in [0.15, 0.2) is 5.16 Å². The molecule has 0 saturated heterocycles. The van der Waals surface area contributed by atoms with E-state index in [0.717, 1.165) is 23.9 Å². The summed E-state index contributed by atoms with van der Waals surface area (Å²) in [5.74, 6) is 0.869. The van der Waals surface area contributed by atoms with Crippen LogP contribution >= 0.6 is 11.8 Å². The van der Waals surface area contributed by atoms with Crippen LogP contribution in [0.5, 0.6) is 0 Å². The lowest BCUT2D eigenvalue weighted by atomic mass is 10.2. The molecule has 4 aromatic rings. The second-order valence-electron chi connectivity index (χ2n) is 6.36. The van der Waals surface area contributed by atoms with E-state index < -0.39 is 0 Å². The summed E-state index contributed by atoms with van der Waals surface area (Å²) < 4.78 is 17.1. The Hall–Kier alpha value is -2.67. The van der Waals surface area contributed by atoms with Gasteiger partial charge in [-0.15, -0.1) is 10.2 Å². The van der Waals surface area contributed by atoms with E-state index in [9.17, 15) is 9.18 Å². The van der Waals surface area contributed by atoms with Gasteiger partial charge in [-0.25, -0.2) is 4.39 Å². The van der Waals surface area contributed by atoms with Crippen LogP contribution in [0.25, 0.3) is 16.7 Å². The van der Waals surface area contributed by atoms with Crippen LogP contribution in [0, 0.1) is 5.82 Å². The van der Waals surface area contributed by atoms with Crippen LogP contribution in [0.2, 0.25) is 0 Å². The lowest BCUT2D eigenvalue weighted by Crippen LogP contribution is -2.23. The Morgan fingerprint density at radius 1 is 1.11 bits per heavy atom. The number of fused-ring (bicyclic) bond motifs is 3. The minimum atomic E-state index is -0.252. The number of para-hydroxylation sites is 1. The van der Waals surface area contributed by atoms with Gasteiger partial charge in [0, 0.05) is 12.3 Å². The van der Waals surface area contributed by atoms with Crippen LogP contribution < -0.4 is 5.56 Å². The lowest BCUT2D eigenvalue weighted by Gasteiger charge is -2.10. The van der Waals surface area contributed by atoms with Crippen molar-refractivity contribution in [3.8, 4) is 0 Å². The number of nitrogens with zero attached hydrogens (tertiary/aromatic N) is 4. The standard InChI is InChI=1S/C20H19FN4OS/c1-2-3-11-24-18(26)16-9-4-5-10-17(16)25-19(24)22-23-20(25)27-13-14-7-6-8-15(21)12-14/h4-10,12H,2-3,11,13H2,1H3. The summed E-state index contributed by atoms with van der Waals surface area (Å²) in [6.45, 7) is 2.70. The van der Waals surface area contributed by atoms with Crippen LogP contribution in [0.4, 0.5) is 4.39 Å². The zero-order valence-electron chi connectivity index (χ0n) is 14.9. The number of hydrogen-bond donors (Lipinski definition) is 0. The summed E-state index contributed by atoms with van der Waals surface area (Å²) >= 11 is 1.48. The maximum absolute atomic E-state index is 13.4. The molecule has 0 fully saturated rings. The summed E-state index contributed by atoms with van der Waals surface area (Å²) in [6, 6.07) is 14.0. The molecule has 2 aromatic heterocycles. The summed E-state index contributed by atoms with van der Waals surface area (Å²) in [4.78, 5) is 12.9. The van der Waals surface area contributed by atoms with Gasteiger partial charge in [-0.05, 0) is 36.2 Å². The molecule has 0 N–H and O–H groups in total. The van der Waals surface area contributed by atoms with E-state index in [2.05, 4.69) is 17.1 Å². The van der Waals surface area contributed by atoms with Crippen LogP contribution in [0.1, 0.15) is 25.3 Å². The molecule has 0 spiro atoms. The molecule has 0 aliphatic rings. The second-order valence-corrected chi connectivity index (χ2v) is 7.31. The number of halogens is 1. The van der Waals surface area contributed by atoms with Gasteiger partial charge in [-0.3, -0.25) is 13.8 Å². The average Bonchev–Trinajstić information content (AvgIpc) is 3.10. The van der Waals surface area contributed by atoms with Crippen molar-refractivity contribution in [2.75, 3.05) is 0 Å². The molecule has 5 nitrogen and oxygen atoms in total. The van der Waals surface area contributed by atoms with Gasteiger partial charge in [0.05, 0.1) is 10.9 Å². The molecule has 0 saturated carbocycles. The lowest BCUT2D eigenvalue weighted by molar-refractivity contribution is 0.620. The Morgan fingerprint density at radius 2 is 1.96 bits per heavy atom. The Kier molecular flexibility index (Phi) is 4.94. The van der Waals surface area contributed by atoms with Gasteiger partial charge in [-0.2, -0.15) is 0 Å². The molecule has 27 heavy (non-hydrogen) atoms. The van der Waals surface area contributed by atoms with Crippen molar-refractivity contribution >= 4 is 28.4 Å². The number of benzene rings is 2. The summed E-state index contributed by atoms with van der Waals surface area (Å²) in [7, 11) is 0. The van der Waals surface area contributed by atoms with Gasteiger partial charge in [0.25, 0.3) is 5.56 Å². The van der Waals surface area contributed by atoms with Gasteiger partial charge in [0.1, 0.15) is 5.82 Å². The van der Waals surface area contributed by atoms with Crippen molar-refractivity contribution in [3.63, 3.8) is 0 Å². The second kappa shape index (κ2) is 7.52. The predicted molar refractivity (Wildman–Crippen MR) is 106 cm³/mol. The zero-order valence-corrected chi connectivity index (χ0v) is 15.7. The highest BCUT2D eigenvalue weighted by molar-refractivity contribution is 7.98. The quantitative estimate of drug-likeness (QED) is 0.467. The topological polar surface area (TPSA) is 52.2 Å². The molecule has 7 heteroatoms. The van der Waals surface area contributed by atoms with E-state index in [1.54, 1.807) is 10.6 Å². The Balaban J connectivity index is 1.82. The molecular formula is C20H19FN4OS. The number of aryl methyl sites for hydroxylation is 1. The monoisotopic (exact) mass is 382 g/mol. The molecule has 0 unspecified atom stereocenters. The van der Waals surface area contributed by atoms with Gasteiger partial charge in [-0.1, -0.05) is 49.4 Å². The largest absolute Gasteiger partial charge is 0.276 e. The first-order chi connectivity index (χ1) is 13.2. The Labute approximate surface area is 159 Å². The van der Waals surface area contributed by atoms with Gasteiger partial charge in [0.2, 0.25) is 5.78 Å². The first-order valence-electron chi connectivity index (χ1n) is 8.93. The molecule has 2 aromatic carbocycles. The minimum Gasteiger partial charge on any atom is -0.276 e. The highest BCUT2D eigenvalue weighted by atomic mass is 32.2. The van der Waals surface area contributed by atoms with Crippen LogP contribution in [-0.4, -0.2) is 19.2 Å². The SMILES string of the molecule is CCCCn1c(=O)c2ccccc2n2c(SCc3cccc(F)c3)nnc12. The fourth-order valence-corrected chi connectivity index (χ4v) is 4.00. The van der Waals surface area contributed by atoms with E-state index in [1.807, 2.05) is 34.7 Å². The van der Waals surface area contributed by atoms with Gasteiger partial charge >= 0.3 is 0 Å². The third kappa shape index (κ3) is 3.35. The normalized spacial score (nSPS) is 11.5. The van der Waals surface area contributed by atoms with E-state index in [-0.39, 0.29) is 11.4 Å². The molecule has 0 atom stereocenters. The Morgan fingerprint density at radius 3 is 2.78 bits per heavy atom. The van der Waals surface area contributed by atoms with Crippen molar-refractivity contribution in [2.24, 2.45) is 0 Å². The third-order valence-electron chi connectivity index (χ3n) is 4.47. The fraction of sp³-hybridized carbons (Fsp3) is 0.250. The first kappa shape index (κ1) is 17.7. The van der Waals surface area contributed by atoms with Gasteiger partial charge < -0.3 is 0 Å². The van der Waals surface area contributed by atoms with Crippen molar-refractivity contribution in [1.82, 2.24) is 19.2 Å². The maximum atomic E-state index is 13.4. The molecule has 2 heterocycles. The number of hydrogen-bond acceptors (Lipinski definition) is 4. The highest BCUT2D eigenvalue weighted by Crippen LogP contribution is 2.25. The smallest absolute Gasteiger partial charge is 0.262 e. The summed E-state index contributed by atoms with van der Waals surface area (Å²) in [6.07, 6.45) is 1.88. The molecule has 0 bridgehead atoms. The van der Waals surface area contributed by atoms with Crippen molar-refractivity contribution in [3.05, 3.63) is 70.3 Å². The van der Waals surface area contributed by atoms with Crippen molar-refractivity contribution < 1.29 is 4.39 Å². The average molecular weight is 382 g/mol. The number of unbranched alkanes of at least 4 members (excludes halogenated alkanes) is 1. The van der Waals surface area contributed by atoms with E-state index in [0.29, 0.717) is 28.6 Å². The maximum Gasteiger partial charge on any atom is 0.262 e. The molecule has 138 valence electrons. The minimum absolute atomic E-state index is 0.0411. The predicted octanol–water partition coefficient (Wildman–Crippen LogP) is 4.28. The Bertz CT molecular complexity index is 1170. The third-order valence-corrected chi connectivity index (χ3v) is 5.47. The zero-order chi connectivity index (χ0) is 18.8. The molecule has 0 radical (unpaired) electrons. The molecular weight excluding hydrogens is 363 g/mol. The fourth-order valence-electron chi connectivity index (χ4n) is 3.12. The highest BCUT2D eigenvalue weighted by Gasteiger charge is 2.16. The van der Waals surface area contributed by atoms with E-state index in [4.69, 9.17) is 0 Å². The van der Waals surface area contributed by atoms with Crippen molar-refractivity contribution in [1.29, 1.82) is 0 Å². The van der Waals surface area contributed by atoms with Crippen molar-refractivity contribution in [2.45, 2.75) is 37.2 Å². The molecule has 0 amide bonds. The summed E-state index contributed by atoms with van der Waals surface area (Å²) in [5.41, 5.74) is 1.62. The number of rotatable bonds is 6. The van der Waals surface area contributed by atoms with Crippen LogP contribution in [-0.2, 0) is 12.3 Å². The first-order valence-corrected chi connectivity index (χ1v) is 9.91. The number of aromatic nitrogens is 4. The van der Waals surface area contributed by atoms with Crippen LogP contribution in [0.3, 0.4) is 0 Å². The molecule has 0 aliphatic carbocycles. The molecule has 0 aliphatic heterocycles. The number of thioether (sulfide) groups is 1. The van der Waals surface area contributed by atoms with E-state index >= 15 is 0 Å².